The molecule has 1 N–H and O–H groups in total. The number of rotatable bonds is 5. The molecule has 4 nitrogen and oxygen atoms in total. The van der Waals surface area contributed by atoms with Crippen LogP contribution in [0.3, 0.4) is 0 Å². The lowest BCUT2D eigenvalue weighted by molar-refractivity contribution is -0.118. The van der Waals surface area contributed by atoms with E-state index >= 15 is 0 Å². The zero-order valence-corrected chi connectivity index (χ0v) is 13.8. The molecular formula is C19H16ClNO3. The van der Waals surface area contributed by atoms with Gasteiger partial charge in [-0.15, -0.1) is 0 Å². The first-order valence-electron chi connectivity index (χ1n) is 7.41. The Bertz CT molecular complexity index is 862. The van der Waals surface area contributed by atoms with Crippen LogP contribution in [0.1, 0.15) is 0 Å². The molecule has 122 valence electrons. The fourth-order valence-corrected chi connectivity index (χ4v) is 2.60. The lowest BCUT2D eigenvalue weighted by Gasteiger charge is -2.11. The molecule has 5 heteroatoms. The van der Waals surface area contributed by atoms with Crippen molar-refractivity contribution in [1.29, 1.82) is 0 Å². The normalized spacial score (nSPS) is 10.4. The number of hydrogen-bond donors (Lipinski definition) is 1. The van der Waals surface area contributed by atoms with Crippen molar-refractivity contribution in [2.45, 2.75) is 0 Å². The van der Waals surface area contributed by atoms with Crippen LogP contribution in [0.5, 0.6) is 11.5 Å². The van der Waals surface area contributed by atoms with Crippen molar-refractivity contribution in [3.05, 3.63) is 65.7 Å². The Morgan fingerprint density at radius 3 is 2.42 bits per heavy atom. The largest absolute Gasteiger partial charge is 0.497 e. The van der Waals surface area contributed by atoms with Gasteiger partial charge in [-0.2, -0.15) is 0 Å². The topological polar surface area (TPSA) is 47.6 Å². The maximum atomic E-state index is 12.0. The molecule has 24 heavy (non-hydrogen) atoms. The van der Waals surface area contributed by atoms with Gasteiger partial charge in [-0.25, -0.2) is 0 Å². The van der Waals surface area contributed by atoms with Crippen LogP contribution in [0.15, 0.2) is 60.7 Å². The van der Waals surface area contributed by atoms with Crippen molar-refractivity contribution in [2.24, 2.45) is 0 Å². The van der Waals surface area contributed by atoms with Gasteiger partial charge in [-0.05, 0) is 36.4 Å². The molecule has 0 heterocycles. The molecule has 0 saturated carbocycles. The second-order valence-corrected chi connectivity index (χ2v) is 5.56. The van der Waals surface area contributed by atoms with Crippen molar-refractivity contribution < 1.29 is 14.3 Å². The summed E-state index contributed by atoms with van der Waals surface area (Å²) in [4.78, 5) is 12.0. The molecule has 0 atom stereocenters. The Balaban J connectivity index is 1.67. The summed E-state index contributed by atoms with van der Waals surface area (Å²) >= 11 is 6.18. The van der Waals surface area contributed by atoms with Crippen molar-refractivity contribution in [2.75, 3.05) is 19.0 Å². The zero-order valence-electron chi connectivity index (χ0n) is 13.1. The van der Waals surface area contributed by atoms with Crippen LogP contribution in [0.25, 0.3) is 10.8 Å². The van der Waals surface area contributed by atoms with E-state index in [0.29, 0.717) is 16.5 Å². The van der Waals surface area contributed by atoms with Crippen LogP contribution in [0.2, 0.25) is 5.02 Å². The van der Waals surface area contributed by atoms with Gasteiger partial charge >= 0.3 is 0 Å². The summed E-state index contributed by atoms with van der Waals surface area (Å²) in [5.74, 6) is 1.12. The van der Waals surface area contributed by atoms with Crippen molar-refractivity contribution in [1.82, 2.24) is 0 Å². The monoisotopic (exact) mass is 341 g/mol. The SMILES string of the molecule is COc1ccc(NC(=O)COc2ccc(Cl)c3ccccc23)cc1. The molecule has 3 rings (SSSR count). The van der Waals surface area contributed by atoms with Gasteiger partial charge < -0.3 is 14.8 Å². The Morgan fingerprint density at radius 1 is 1.00 bits per heavy atom. The highest BCUT2D eigenvalue weighted by Crippen LogP contribution is 2.31. The number of halogens is 1. The molecule has 3 aromatic carbocycles. The lowest BCUT2D eigenvalue weighted by Crippen LogP contribution is -2.20. The second-order valence-electron chi connectivity index (χ2n) is 5.16. The van der Waals surface area contributed by atoms with Crippen molar-refractivity contribution in [3.63, 3.8) is 0 Å². The molecule has 0 aliphatic rings. The number of amides is 1. The minimum absolute atomic E-state index is 0.0857. The van der Waals surface area contributed by atoms with Crippen LogP contribution in [0.4, 0.5) is 5.69 Å². The van der Waals surface area contributed by atoms with E-state index in [1.807, 2.05) is 24.3 Å². The molecular weight excluding hydrogens is 326 g/mol. The summed E-state index contributed by atoms with van der Waals surface area (Å²) in [5, 5.41) is 5.20. The zero-order chi connectivity index (χ0) is 16.9. The van der Waals surface area contributed by atoms with E-state index in [2.05, 4.69) is 5.32 Å². The predicted molar refractivity (Wildman–Crippen MR) is 96.1 cm³/mol. The number of benzene rings is 3. The van der Waals surface area contributed by atoms with E-state index < -0.39 is 0 Å². The van der Waals surface area contributed by atoms with E-state index in [9.17, 15) is 4.79 Å². The molecule has 0 aromatic heterocycles. The number of nitrogens with one attached hydrogen (secondary N) is 1. The number of carbonyl (C=O) groups excluding carboxylic acids is 1. The van der Waals surface area contributed by atoms with Gasteiger partial charge in [-0.1, -0.05) is 35.9 Å². The van der Waals surface area contributed by atoms with Crippen LogP contribution >= 0.6 is 11.6 Å². The molecule has 0 bridgehead atoms. The first kappa shape index (κ1) is 16.1. The third kappa shape index (κ3) is 3.60. The van der Waals surface area contributed by atoms with Crippen LogP contribution in [-0.2, 0) is 4.79 Å². The Hall–Kier alpha value is -2.72. The highest BCUT2D eigenvalue weighted by Gasteiger charge is 2.08. The van der Waals surface area contributed by atoms with Gasteiger partial charge in [0, 0.05) is 21.5 Å². The molecule has 3 aromatic rings. The van der Waals surface area contributed by atoms with Crippen LogP contribution < -0.4 is 14.8 Å². The fraction of sp³-hybridized carbons (Fsp3) is 0.105. The number of methoxy groups -OCH3 is 1. The molecule has 0 unspecified atom stereocenters. The minimum atomic E-state index is -0.237. The third-order valence-electron chi connectivity index (χ3n) is 3.56. The average Bonchev–Trinajstić information content (AvgIpc) is 2.62. The van der Waals surface area contributed by atoms with E-state index in [4.69, 9.17) is 21.1 Å². The Labute approximate surface area is 145 Å². The van der Waals surface area contributed by atoms with Crippen molar-refractivity contribution >= 4 is 34.0 Å². The van der Waals surface area contributed by atoms with E-state index in [-0.39, 0.29) is 12.5 Å². The molecule has 1 amide bonds. The lowest BCUT2D eigenvalue weighted by atomic mass is 10.1. The van der Waals surface area contributed by atoms with Crippen molar-refractivity contribution in [3.8, 4) is 11.5 Å². The van der Waals surface area contributed by atoms with Gasteiger partial charge in [0.25, 0.3) is 5.91 Å². The maximum absolute atomic E-state index is 12.0. The molecule has 0 spiro atoms. The fourth-order valence-electron chi connectivity index (χ4n) is 2.38. The number of carbonyl (C=O) groups is 1. The quantitative estimate of drug-likeness (QED) is 0.742. The first-order chi connectivity index (χ1) is 11.7. The molecule has 0 saturated heterocycles. The summed E-state index contributed by atoms with van der Waals surface area (Å²) in [5.41, 5.74) is 0.686. The van der Waals surface area contributed by atoms with Gasteiger partial charge in [-0.3, -0.25) is 4.79 Å². The third-order valence-corrected chi connectivity index (χ3v) is 3.89. The number of fused-ring (bicyclic) bond motifs is 1. The Kier molecular flexibility index (Phi) is 4.87. The van der Waals surface area contributed by atoms with Gasteiger partial charge in [0.1, 0.15) is 11.5 Å². The summed E-state index contributed by atoms with van der Waals surface area (Å²) in [6, 6.07) is 18.3. The average molecular weight is 342 g/mol. The first-order valence-corrected chi connectivity index (χ1v) is 7.79. The Morgan fingerprint density at radius 2 is 1.71 bits per heavy atom. The molecule has 0 aliphatic carbocycles. The molecule has 0 fully saturated rings. The van der Waals surface area contributed by atoms with Crippen LogP contribution in [0, 0.1) is 0 Å². The number of hydrogen-bond acceptors (Lipinski definition) is 3. The van der Waals surface area contributed by atoms with E-state index in [0.717, 1.165) is 16.5 Å². The van der Waals surface area contributed by atoms with E-state index in [1.165, 1.54) is 0 Å². The molecule has 0 aliphatic heterocycles. The summed E-state index contributed by atoms with van der Waals surface area (Å²) < 4.78 is 10.7. The van der Waals surface area contributed by atoms with E-state index in [1.54, 1.807) is 43.5 Å². The minimum Gasteiger partial charge on any atom is -0.497 e. The smallest absolute Gasteiger partial charge is 0.262 e. The second kappa shape index (κ2) is 7.23. The number of ether oxygens (including phenoxy) is 2. The highest BCUT2D eigenvalue weighted by molar-refractivity contribution is 6.35. The predicted octanol–water partition coefficient (Wildman–Crippen LogP) is 4.52. The summed E-state index contributed by atoms with van der Waals surface area (Å²) in [6.07, 6.45) is 0. The maximum Gasteiger partial charge on any atom is 0.262 e. The summed E-state index contributed by atoms with van der Waals surface area (Å²) in [7, 11) is 1.60. The number of anilines is 1. The van der Waals surface area contributed by atoms with Gasteiger partial charge in [0.2, 0.25) is 0 Å². The van der Waals surface area contributed by atoms with Crippen LogP contribution in [-0.4, -0.2) is 19.6 Å². The standard InChI is InChI=1S/C19H16ClNO3/c1-23-14-8-6-13(7-9-14)21-19(22)12-24-18-11-10-17(20)15-4-2-3-5-16(15)18/h2-11H,12H2,1H3,(H,21,22). The van der Waals surface area contributed by atoms with Gasteiger partial charge in [0.15, 0.2) is 6.61 Å². The van der Waals surface area contributed by atoms with Gasteiger partial charge in [0.05, 0.1) is 7.11 Å². The molecule has 0 radical (unpaired) electrons. The highest BCUT2D eigenvalue weighted by atomic mass is 35.5. The summed E-state index contributed by atoms with van der Waals surface area (Å²) in [6.45, 7) is -0.0857.